The molecule has 112 valence electrons. The Morgan fingerprint density at radius 2 is 1.87 bits per heavy atom. The molecule has 0 spiro atoms. The second-order valence-electron chi connectivity index (χ2n) is 5.00. The Labute approximate surface area is 136 Å². The SMILES string of the molecule is Nc1nc(-c2ccccc2)c(C(=O)c2cnc3ccccn23)s1. The lowest BCUT2D eigenvalue weighted by molar-refractivity contribution is 0.103. The molecule has 2 N–H and O–H groups in total. The fraction of sp³-hybridized carbons (Fsp3) is 0. The molecule has 4 rings (SSSR count). The maximum Gasteiger partial charge on any atom is 0.223 e. The van der Waals surface area contributed by atoms with Gasteiger partial charge in [-0.1, -0.05) is 47.7 Å². The highest BCUT2D eigenvalue weighted by Crippen LogP contribution is 2.31. The van der Waals surface area contributed by atoms with Crippen LogP contribution in [0.5, 0.6) is 0 Å². The van der Waals surface area contributed by atoms with E-state index in [4.69, 9.17) is 5.73 Å². The molecule has 0 aliphatic rings. The zero-order valence-electron chi connectivity index (χ0n) is 12.0. The Hall–Kier alpha value is -2.99. The number of ketones is 1. The Morgan fingerprint density at radius 3 is 2.70 bits per heavy atom. The number of aromatic nitrogens is 3. The molecule has 3 aromatic heterocycles. The van der Waals surface area contributed by atoms with E-state index < -0.39 is 0 Å². The van der Waals surface area contributed by atoms with Crippen LogP contribution in [0, 0.1) is 0 Å². The molecular formula is C17H12N4OS. The van der Waals surface area contributed by atoms with Crippen molar-refractivity contribution in [2.75, 3.05) is 5.73 Å². The van der Waals surface area contributed by atoms with Crippen LogP contribution in [0.15, 0.2) is 60.9 Å². The van der Waals surface area contributed by atoms with Gasteiger partial charge in [-0.05, 0) is 12.1 Å². The molecule has 0 bridgehead atoms. The largest absolute Gasteiger partial charge is 0.375 e. The number of carbonyl (C=O) groups is 1. The van der Waals surface area contributed by atoms with E-state index in [1.807, 2.05) is 54.7 Å². The zero-order valence-corrected chi connectivity index (χ0v) is 12.8. The average Bonchev–Trinajstić information content (AvgIpc) is 3.19. The van der Waals surface area contributed by atoms with Crippen molar-refractivity contribution in [3.8, 4) is 11.3 Å². The van der Waals surface area contributed by atoms with E-state index in [-0.39, 0.29) is 5.78 Å². The van der Waals surface area contributed by atoms with Crippen molar-refractivity contribution in [2.45, 2.75) is 0 Å². The fourth-order valence-corrected chi connectivity index (χ4v) is 3.30. The van der Waals surface area contributed by atoms with Gasteiger partial charge in [0.15, 0.2) is 5.13 Å². The third kappa shape index (κ3) is 2.29. The lowest BCUT2D eigenvalue weighted by Crippen LogP contribution is -2.04. The first-order valence-corrected chi connectivity index (χ1v) is 7.84. The van der Waals surface area contributed by atoms with Crippen LogP contribution < -0.4 is 5.73 Å². The summed E-state index contributed by atoms with van der Waals surface area (Å²) in [7, 11) is 0. The van der Waals surface area contributed by atoms with Gasteiger partial charge in [0, 0.05) is 11.8 Å². The number of carbonyl (C=O) groups excluding carboxylic acids is 1. The molecule has 4 aromatic rings. The molecule has 0 saturated carbocycles. The average molecular weight is 320 g/mol. The number of hydrogen-bond donors (Lipinski definition) is 1. The molecule has 0 aliphatic carbocycles. The highest BCUT2D eigenvalue weighted by molar-refractivity contribution is 7.18. The Balaban J connectivity index is 1.87. The summed E-state index contributed by atoms with van der Waals surface area (Å²) < 4.78 is 1.77. The van der Waals surface area contributed by atoms with E-state index in [1.165, 1.54) is 11.3 Å². The van der Waals surface area contributed by atoms with Crippen molar-refractivity contribution in [3.05, 3.63) is 71.5 Å². The maximum atomic E-state index is 13.0. The van der Waals surface area contributed by atoms with Crippen molar-refractivity contribution in [3.63, 3.8) is 0 Å². The summed E-state index contributed by atoms with van der Waals surface area (Å²) in [4.78, 5) is 22.1. The quantitative estimate of drug-likeness (QED) is 0.588. The van der Waals surface area contributed by atoms with Gasteiger partial charge in [-0.3, -0.25) is 9.20 Å². The molecule has 5 nitrogen and oxygen atoms in total. The molecule has 0 radical (unpaired) electrons. The monoisotopic (exact) mass is 320 g/mol. The summed E-state index contributed by atoms with van der Waals surface area (Å²) in [6.45, 7) is 0. The van der Waals surface area contributed by atoms with Crippen LogP contribution in [0.2, 0.25) is 0 Å². The van der Waals surface area contributed by atoms with Gasteiger partial charge in [0.05, 0.1) is 11.9 Å². The van der Waals surface area contributed by atoms with Crippen LogP contribution in [-0.2, 0) is 0 Å². The summed E-state index contributed by atoms with van der Waals surface area (Å²) in [6, 6.07) is 15.2. The normalized spacial score (nSPS) is 11.0. The van der Waals surface area contributed by atoms with Crippen LogP contribution in [0.4, 0.5) is 5.13 Å². The minimum Gasteiger partial charge on any atom is -0.375 e. The predicted octanol–water partition coefficient (Wildman–Crippen LogP) is 3.27. The van der Waals surface area contributed by atoms with Gasteiger partial charge in [0.25, 0.3) is 0 Å². The number of thiazole rings is 1. The minimum absolute atomic E-state index is 0.128. The van der Waals surface area contributed by atoms with E-state index in [2.05, 4.69) is 9.97 Å². The maximum absolute atomic E-state index is 13.0. The molecular weight excluding hydrogens is 308 g/mol. The first kappa shape index (κ1) is 13.7. The number of anilines is 1. The Kier molecular flexibility index (Phi) is 3.17. The lowest BCUT2D eigenvalue weighted by atomic mass is 10.1. The molecule has 0 atom stereocenters. The van der Waals surface area contributed by atoms with E-state index >= 15 is 0 Å². The van der Waals surface area contributed by atoms with Gasteiger partial charge in [-0.15, -0.1) is 0 Å². The number of rotatable bonds is 3. The number of nitrogens with two attached hydrogens (primary N) is 1. The summed E-state index contributed by atoms with van der Waals surface area (Å²) in [5.41, 5.74) is 8.57. The van der Waals surface area contributed by atoms with Crippen LogP contribution in [0.3, 0.4) is 0 Å². The first-order chi connectivity index (χ1) is 11.2. The van der Waals surface area contributed by atoms with E-state index in [9.17, 15) is 4.79 Å². The fourth-order valence-electron chi connectivity index (χ4n) is 2.50. The lowest BCUT2D eigenvalue weighted by Gasteiger charge is -2.02. The molecule has 0 saturated heterocycles. The summed E-state index contributed by atoms with van der Waals surface area (Å²) in [6.07, 6.45) is 3.41. The molecule has 1 aromatic carbocycles. The van der Waals surface area contributed by atoms with Crippen molar-refractivity contribution in [1.29, 1.82) is 0 Å². The molecule has 23 heavy (non-hydrogen) atoms. The first-order valence-electron chi connectivity index (χ1n) is 7.02. The highest BCUT2D eigenvalue weighted by atomic mass is 32.1. The molecule has 3 heterocycles. The van der Waals surface area contributed by atoms with E-state index in [0.717, 1.165) is 11.2 Å². The second kappa shape index (κ2) is 5.33. The van der Waals surface area contributed by atoms with E-state index in [1.54, 1.807) is 10.6 Å². The smallest absolute Gasteiger partial charge is 0.223 e. The summed E-state index contributed by atoms with van der Waals surface area (Å²) in [5.74, 6) is -0.128. The van der Waals surface area contributed by atoms with E-state index in [0.29, 0.717) is 21.4 Å². The molecule has 0 fully saturated rings. The van der Waals surface area contributed by atoms with Crippen molar-refractivity contribution in [1.82, 2.24) is 14.4 Å². The standard InChI is InChI=1S/C17H12N4OS/c18-17-20-14(11-6-2-1-3-7-11)16(23-17)15(22)12-10-19-13-8-4-5-9-21(12)13/h1-10H,(H2,18,20). The molecule has 0 aliphatic heterocycles. The van der Waals surface area contributed by atoms with Crippen molar-refractivity contribution < 1.29 is 4.79 Å². The number of pyridine rings is 1. The van der Waals surface area contributed by atoms with Gasteiger partial charge in [0.2, 0.25) is 5.78 Å². The molecule has 6 heteroatoms. The number of imidazole rings is 1. The van der Waals surface area contributed by atoms with Gasteiger partial charge >= 0.3 is 0 Å². The topological polar surface area (TPSA) is 73.3 Å². The van der Waals surface area contributed by atoms with Crippen molar-refractivity contribution in [2.24, 2.45) is 0 Å². The number of nitrogen functional groups attached to an aromatic ring is 1. The van der Waals surface area contributed by atoms with Crippen LogP contribution in [0.1, 0.15) is 15.4 Å². The minimum atomic E-state index is -0.128. The second-order valence-corrected chi connectivity index (χ2v) is 6.03. The van der Waals surface area contributed by atoms with Crippen LogP contribution >= 0.6 is 11.3 Å². The van der Waals surface area contributed by atoms with Gasteiger partial charge in [0.1, 0.15) is 16.2 Å². The summed E-state index contributed by atoms with van der Waals surface area (Å²) >= 11 is 1.20. The highest BCUT2D eigenvalue weighted by Gasteiger charge is 2.22. The van der Waals surface area contributed by atoms with Crippen LogP contribution in [-0.4, -0.2) is 20.2 Å². The number of benzene rings is 1. The Bertz CT molecular complexity index is 1000. The molecule has 0 unspecified atom stereocenters. The third-order valence-corrected chi connectivity index (χ3v) is 4.43. The molecule has 0 amide bonds. The zero-order chi connectivity index (χ0) is 15.8. The van der Waals surface area contributed by atoms with Gasteiger partial charge in [-0.2, -0.15) is 0 Å². The number of fused-ring (bicyclic) bond motifs is 1. The van der Waals surface area contributed by atoms with Crippen molar-refractivity contribution >= 4 is 27.9 Å². The third-order valence-electron chi connectivity index (χ3n) is 3.55. The summed E-state index contributed by atoms with van der Waals surface area (Å²) in [5, 5.41) is 0.376. The predicted molar refractivity (Wildman–Crippen MR) is 90.6 cm³/mol. The number of nitrogens with zero attached hydrogens (tertiary/aromatic N) is 3. The van der Waals surface area contributed by atoms with Gasteiger partial charge in [-0.25, -0.2) is 9.97 Å². The Morgan fingerprint density at radius 1 is 1.09 bits per heavy atom. The van der Waals surface area contributed by atoms with Crippen LogP contribution in [0.25, 0.3) is 16.9 Å². The number of hydrogen-bond acceptors (Lipinski definition) is 5. The van der Waals surface area contributed by atoms with Gasteiger partial charge < -0.3 is 5.73 Å².